The van der Waals surface area contributed by atoms with Crippen molar-refractivity contribution >= 4 is 17.5 Å². The minimum Gasteiger partial charge on any atom is -0.339 e. The third-order valence-corrected chi connectivity index (χ3v) is 5.04. The molecule has 0 unspecified atom stereocenters. The molecular weight excluding hydrogens is 342 g/mol. The quantitative estimate of drug-likeness (QED) is 0.698. The lowest BCUT2D eigenvalue weighted by molar-refractivity contribution is -0.130. The van der Waals surface area contributed by atoms with Gasteiger partial charge in [0.15, 0.2) is 5.65 Å². The standard InChI is InChI=1S/C20H21N5O2/c1-14-17(20(27)24-10-8-23(9-11-24)15(2)26)13-21-19-12-18(22-25(14)19)16-6-4-3-5-7-16/h3-7,12-13H,8-11H2,1-2H3. The average Bonchev–Trinajstić information content (AvgIpc) is 3.14. The maximum atomic E-state index is 13.0. The molecule has 4 rings (SSSR count). The molecule has 7 nitrogen and oxygen atoms in total. The number of benzene rings is 1. The summed E-state index contributed by atoms with van der Waals surface area (Å²) < 4.78 is 1.72. The number of nitrogens with zero attached hydrogens (tertiary/aromatic N) is 5. The van der Waals surface area contributed by atoms with E-state index in [1.54, 1.807) is 27.4 Å². The molecule has 27 heavy (non-hydrogen) atoms. The molecule has 1 aliphatic rings. The predicted octanol–water partition coefficient (Wildman–Crippen LogP) is 2.01. The third-order valence-electron chi connectivity index (χ3n) is 5.04. The number of rotatable bonds is 2. The molecule has 0 saturated carbocycles. The molecule has 2 aromatic heterocycles. The van der Waals surface area contributed by atoms with Crippen LogP contribution in [0.1, 0.15) is 23.0 Å². The highest BCUT2D eigenvalue weighted by Crippen LogP contribution is 2.21. The van der Waals surface area contributed by atoms with Gasteiger partial charge >= 0.3 is 0 Å². The summed E-state index contributed by atoms with van der Waals surface area (Å²) in [6.45, 7) is 5.64. The monoisotopic (exact) mass is 363 g/mol. The first-order valence-electron chi connectivity index (χ1n) is 9.00. The van der Waals surface area contributed by atoms with Crippen LogP contribution in [0, 0.1) is 6.92 Å². The van der Waals surface area contributed by atoms with E-state index in [0.717, 1.165) is 17.0 Å². The molecule has 0 radical (unpaired) electrons. The van der Waals surface area contributed by atoms with Crippen molar-refractivity contribution < 1.29 is 9.59 Å². The second kappa shape index (κ2) is 6.83. The predicted molar refractivity (Wildman–Crippen MR) is 101 cm³/mol. The summed E-state index contributed by atoms with van der Waals surface area (Å²) in [5, 5.41) is 4.64. The normalized spacial score (nSPS) is 14.6. The number of aryl methyl sites for hydroxylation is 1. The van der Waals surface area contributed by atoms with Crippen LogP contribution in [0.4, 0.5) is 0 Å². The highest BCUT2D eigenvalue weighted by Gasteiger charge is 2.25. The van der Waals surface area contributed by atoms with Crippen molar-refractivity contribution in [3.8, 4) is 11.3 Å². The number of aromatic nitrogens is 3. The van der Waals surface area contributed by atoms with Crippen molar-refractivity contribution in [1.82, 2.24) is 24.4 Å². The Hall–Kier alpha value is -3.22. The molecule has 0 aliphatic carbocycles. The van der Waals surface area contributed by atoms with Gasteiger partial charge in [0.05, 0.1) is 17.0 Å². The van der Waals surface area contributed by atoms with Gasteiger partial charge in [0.2, 0.25) is 5.91 Å². The van der Waals surface area contributed by atoms with Gasteiger partial charge < -0.3 is 9.80 Å². The van der Waals surface area contributed by atoms with Gasteiger partial charge in [0.25, 0.3) is 5.91 Å². The molecule has 2 amide bonds. The van der Waals surface area contributed by atoms with Crippen LogP contribution in [0.15, 0.2) is 42.6 Å². The summed E-state index contributed by atoms with van der Waals surface area (Å²) in [6.07, 6.45) is 1.63. The molecule has 0 spiro atoms. The number of carbonyl (C=O) groups excluding carboxylic acids is 2. The first-order chi connectivity index (χ1) is 13.0. The average molecular weight is 363 g/mol. The van der Waals surface area contributed by atoms with Gasteiger partial charge in [0, 0.05) is 50.9 Å². The Morgan fingerprint density at radius 2 is 1.67 bits per heavy atom. The van der Waals surface area contributed by atoms with Crippen LogP contribution >= 0.6 is 0 Å². The number of carbonyl (C=O) groups is 2. The highest BCUT2D eigenvalue weighted by molar-refractivity contribution is 5.95. The van der Waals surface area contributed by atoms with Gasteiger partial charge in [0.1, 0.15) is 0 Å². The summed E-state index contributed by atoms with van der Waals surface area (Å²) in [7, 11) is 0. The summed E-state index contributed by atoms with van der Waals surface area (Å²) in [5.74, 6) is -0.0202. The van der Waals surface area contributed by atoms with Crippen LogP contribution in [0.5, 0.6) is 0 Å². The fourth-order valence-electron chi connectivity index (χ4n) is 3.40. The van der Waals surface area contributed by atoms with Crippen LogP contribution < -0.4 is 0 Å². The molecule has 0 atom stereocenters. The summed E-state index contributed by atoms with van der Waals surface area (Å²) >= 11 is 0. The maximum absolute atomic E-state index is 13.0. The van der Waals surface area contributed by atoms with Gasteiger partial charge in [-0.1, -0.05) is 30.3 Å². The van der Waals surface area contributed by atoms with Crippen molar-refractivity contribution in [1.29, 1.82) is 0 Å². The Kier molecular flexibility index (Phi) is 4.35. The Morgan fingerprint density at radius 3 is 2.33 bits per heavy atom. The minimum absolute atomic E-state index is 0.0475. The Bertz CT molecular complexity index is 1000. The number of hydrogen-bond acceptors (Lipinski definition) is 4. The molecule has 138 valence electrons. The van der Waals surface area contributed by atoms with Crippen LogP contribution in [0.25, 0.3) is 16.9 Å². The zero-order valence-corrected chi connectivity index (χ0v) is 15.4. The highest BCUT2D eigenvalue weighted by atomic mass is 16.2. The first-order valence-corrected chi connectivity index (χ1v) is 9.00. The summed E-state index contributed by atoms with van der Waals surface area (Å²) in [6, 6.07) is 11.8. The molecule has 0 N–H and O–H groups in total. The number of fused-ring (bicyclic) bond motifs is 1. The first kappa shape index (κ1) is 17.2. The summed E-state index contributed by atoms with van der Waals surface area (Å²) in [4.78, 5) is 32.4. The lowest BCUT2D eigenvalue weighted by Crippen LogP contribution is -2.50. The second-order valence-corrected chi connectivity index (χ2v) is 6.72. The van der Waals surface area contributed by atoms with E-state index in [4.69, 9.17) is 0 Å². The maximum Gasteiger partial charge on any atom is 0.257 e. The van der Waals surface area contributed by atoms with E-state index >= 15 is 0 Å². The van der Waals surface area contributed by atoms with Crippen molar-refractivity contribution in [2.75, 3.05) is 26.2 Å². The second-order valence-electron chi connectivity index (χ2n) is 6.72. The van der Waals surface area contributed by atoms with E-state index in [2.05, 4.69) is 10.1 Å². The number of piperazine rings is 1. The zero-order valence-electron chi connectivity index (χ0n) is 15.4. The number of hydrogen-bond donors (Lipinski definition) is 0. The molecule has 3 heterocycles. The van der Waals surface area contributed by atoms with Gasteiger partial charge in [-0.05, 0) is 6.92 Å². The minimum atomic E-state index is -0.0677. The van der Waals surface area contributed by atoms with Crippen LogP contribution in [0.2, 0.25) is 0 Å². The van der Waals surface area contributed by atoms with E-state index in [0.29, 0.717) is 37.4 Å². The van der Waals surface area contributed by atoms with Gasteiger partial charge in [-0.25, -0.2) is 9.50 Å². The fourth-order valence-corrected chi connectivity index (χ4v) is 3.40. The van der Waals surface area contributed by atoms with Crippen LogP contribution in [-0.2, 0) is 4.79 Å². The van der Waals surface area contributed by atoms with Crippen LogP contribution in [-0.4, -0.2) is 62.4 Å². The van der Waals surface area contributed by atoms with Crippen molar-refractivity contribution in [3.63, 3.8) is 0 Å². The third kappa shape index (κ3) is 3.16. The van der Waals surface area contributed by atoms with E-state index in [1.807, 2.05) is 43.3 Å². The van der Waals surface area contributed by atoms with Crippen molar-refractivity contribution in [2.24, 2.45) is 0 Å². The van der Waals surface area contributed by atoms with Crippen LogP contribution in [0.3, 0.4) is 0 Å². The molecule has 1 saturated heterocycles. The molecule has 0 bridgehead atoms. The molecular formula is C20H21N5O2. The SMILES string of the molecule is CC(=O)N1CCN(C(=O)c2cnc3cc(-c4ccccc4)nn3c2C)CC1. The Morgan fingerprint density at radius 1 is 1.00 bits per heavy atom. The lowest BCUT2D eigenvalue weighted by Gasteiger charge is -2.34. The lowest BCUT2D eigenvalue weighted by atomic mass is 10.1. The van der Waals surface area contributed by atoms with E-state index < -0.39 is 0 Å². The molecule has 1 aliphatic heterocycles. The molecule has 7 heteroatoms. The molecule has 1 aromatic carbocycles. The topological polar surface area (TPSA) is 70.8 Å². The summed E-state index contributed by atoms with van der Waals surface area (Å²) in [5.41, 5.74) is 3.86. The fraction of sp³-hybridized carbons (Fsp3) is 0.300. The van der Waals surface area contributed by atoms with E-state index in [-0.39, 0.29) is 11.8 Å². The Labute approximate surface area is 157 Å². The number of amides is 2. The smallest absolute Gasteiger partial charge is 0.257 e. The zero-order chi connectivity index (χ0) is 19.0. The Balaban J connectivity index is 1.62. The molecule has 1 fully saturated rings. The molecule has 3 aromatic rings. The largest absolute Gasteiger partial charge is 0.339 e. The van der Waals surface area contributed by atoms with Gasteiger partial charge in [-0.2, -0.15) is 5.10 Å². The van der Waals surface area contributed by atoms with Crippen molar-refractivity contribution in [3.05, 3.63) is 53.9 Å². The van der Waals surface area contributed by atoms with Gasteiger partial charge in [-0.3, -0.25) is 9.59 Å². The van der Waals surface area contributed by atoms with Gasteiger partial charge in [-0.15, -0.1) is 0 Å². The van der Waals surface area contributed by atoms with E-state index in [9.17, 15) is 9.59 Å². The van der Waals surface area contributed by atoms with Crippen molar-refractivity contribution in [2.45, 2.75) is 13.8 Å². The van der Waals surface area contributed by atoms with E-state index in [1.165, 1.54) is 0 Å².